The first-order chi connectivity index (χ1) is 13.0. The number of fused-ring (bicyclic) bond motifs is 2. The van der Waals surface area contributed by atoms with E-state index in [0.717, 1.165) is 64.7 Å². The second-order valence-corrected chi connectivity index (χ2v) is 9.51. The van der Waals surface area contributed by atoms with E-state index >= 15 is 0 Å². The molecule has 2 aliphatic carbocycles. The minimum Gasteiger partial charge on any atom is -0.359 e. The lowest BCUT2D eigenvalue weighted by atomic mass is 9.65. The van der Waals surface area contributed by atoms with Gasteiger partial charge in [-0.25, -0.2) is 0 Å². The maximum atomic E-state index is 12.8. The Morgan fingerprint density at radius 2 is 1.96 bits per heavy atom. The average molecular weight is 374 g/mol. The van der Waals surface area contributed by atoms with Crippen LogP contribution >= 0.6 is 0 Å². The number of piperidine rings is 1. The molecule has 5 nitrogen and oxygen atoms in total. The van der Waals surface area contributed by atoms with Crippen LogP contribution in [0.3, 0.4) is 0 Å². The molecule has 2 amide bonds. The molecule has 1 spiro atoms. The summed E-state index contributed by atoms with van der Waals surface area (Å²) in [5, 5.41) is 2.95. The molecule has 2 saturated heterocycles. The number of nitrogens with zero attached hydrogens (tertiary/aromatic N) is 2. The van der Waals surface area contributed by atoms with Gasteiger partial charge in [0.05, 0.1) is 5.41 Å². The Labute approximate surface area is 163 Å². The first-order valence-corrected chi connectivity index (χ1v) is 10.9. The van der Waals surface area contributed by atoms with Gasteiger partial charge < -0.3 is 15.1 Å². The molecule has 0 aromatic carbocycles. The molecule has 0 aromatic rings. The van der Waals surface area contributed by atoms with Gasteiger partial charge in [0.1, 0.15) is 0 Å². The Morgan fingerprint density at radius 1 is 1.19 bits per heavy atom. The summed E-state index contributed by atoms with van der Waals surface area (Å²) in [6, 6.07) is 0. The summed E-state index contributed by atoms with van der Waals surface area (Å²) in [4.78, 5) is 30.0. The lowest BCUT2D eigenvalue weighted by molar-refractivity contribution is -0.136. The monoisotopic (exact) mass is 373 g/mol. The molecule has 0 bridgehead atoms. The van der Waals surface area contributed by atoms with Gasteiger partial charge in [0.15, 0.2) is 0 Å². The second kappa shape index (κ2) is 7.23. The van der Waals surface area contributed by atoms with Crippen LogP contribution in [-0.2, 0) is 9.59 Å². The number of carbonyl (C=O) groups is 2. The zero-order chi connectivity index (χ0) is 19.1. The second-order valence-electron chi connectivity index (χ2n) is 9.51. The fraction of sp³-hybridized carbons (Fsp3) is 0.818. The lowest BCUT2D eigenvalue weighted by Gasteiger charge is -2.44. The summed E-state index contributed by atoms with van der Waals surface area (Å²) in [5.41, 5.74) is 1.39. The summed E-state index contributed by atoms with van der Waals surface area (Å²) < 4.78 is 0. The van der Waals surface area contributed by atoms with E-state index < -0.39 is 0 Å². The molecule has 3 fully saturated rings. The van der Waals surface area contributed by atoms with Gasteiger partial charge in [-0.15, -0.1) is 0 Å². The van der Waals surface area contributed by atoms with Crippen molar-refractivity contribution in [1.82, 2.24) is 15.1 Å². The summed E-state index contributed by atoms with van der Waals surface area (Å²) in [5.74, 6) is 0.988. The van der Waals surface area contributed by atoms with Gasteiger partial charge in [0.2, 0.25) is 11.8 Å². The fourth-order valence-electron chi connectivity index (χ4n) is 6.59. The third kappa shape index (κ3) is 3.22. The van der Waals surface area contributed by atoms with E-state index in [0.29, 0.717) is 18.2 Å². The van der Waals surface area contributed by atoms with Crippen LogP contribution in [0, 0.1) is 16.7 Å². The molecule has 0 aromatic heterocycles. The highest BCUT2D eigenvalue weighted by molar-refractivity contribution is 5.84. The predicted octanol–water partition coefficient (Wildman–Crippen LogP) is 2.57. The van der Waals surface area contributed by atoms with Crippen molar-refractivity contribution in [3.8, 4) is 0 Å². The predicted molar refractivity (Wildman–Crippen MR) is 106 cm³/mol. The number of carbonyl (C=O) groups excluding carboxylic acids is 2. The molecule has 27 heavy (non-hydrogen) atoms. The van der Waals surface area contributed by atoms with Crippen LogP contribution in [0.25, 0.3) is 0 Å². The van der Waals surface area contributed by atoms with E-state index in [-0.39, 0.29) is 16.7 Å². The summed E-state index contributed by atoms with van der Waals surface area (Å²) >= 11 is 0. The number of hydrogen-bond acceptors (Lipinski definition) is 3. The molecule has 0 unspecified atom stereocenters. The standard InChI is InChI=1S/C22H35N3O2/c1-23-20(27)22-9-8-21(18(22)15-24(2)16-22)10-12-25(13-11-21)19(26)14-17-6-4-3-5-7-17/h6,18H,3-5,7-16H2,1-2H3,(H,23,27)/t18-,22+/m0/s1. The van der Waals surface area contributed by atoms with Crippen LogP contribution < -0.4 is 5.32 Å². The number of likely N-dealkylation sites (tertiary alicyclic amines) is 2. The van der Waals surface area contributed by atoms with Gasteiger partial charge in [0, 0.05) is 39.6 Å². The Hall–Kier alpha value is -1.36. The molecular formula is C22H35N3O2. The summed E-state index contributed by atoms with van der Waals surface area (Å²) in [7, 11) is 3.92. The van der Waals surface area contributed by atoms with Crippen LogP contribution in [0.2, 0.25) is 0 Å². The van der Waals surface area contributed by atoms with E-state index in [1.54, 1.807) is 7.05 Å². The van der Waals surface area contributed by atoms with E-state index in [9.17, 15) is 9.59 Å². The molecular weight excluding hydrogens is 338 g/mol. The number of hydrogen-bond donors (Lipinski definition) is 1. The first-order valence-electron chi connectivity index (χ1n) is 10.9. The van der Waals surface area contributed by atoms with Crippen molar-refractivity contribution in [3.05, 3.63) is 11.6 Å². The highest BCUT2D eigenvalue weighted by Gasteiger charge is 2.63. The molecule has 1 saturated carbocycles. The highest BCUT2D eigenvalue weighted by atomic mass is 16.2. The van der Waals surface area contributed by atoms with E-state index in [2.05, 4.69) is 28.2 Å². The molecule has 4 aliphatic rings. The van der Waals surface area contributed by atoms with Crippen LogP contribution in [0.1, 0.15) is 57.8 Å². The molecule has 1 N–H and O–H groups in total. The van der Waals surface area contributed by atoms with Crippen molar-refractivity contribution in [2.75, 3.05) is 40.3 Å². The van der Waals surface area contributed by atoms with E-state index in [1.807, 2.05) is 0 Å². The number of amides is 2. The topological polar surface area (TPSA) is 52.7 Å². The molecule has 150 valence electrons. The maximum absolute atomic E-state index is 12.8. The normalized spacial score (nSPS) is 33.0. The summed E-state index contributed by atoms with van der Waals surface area (Å²) in [6.07, 6.45) is 11.9. The Balaban J connectivity index is 1.42. The smallest absolute Gasteiger partial charge is 0.227 e. The highest BCUT2D eigenvalue weighted by Crippen LogP contribution is 2.61. The molecule has 2 atom stereocenters. The maximum Gasteiger partial charge on any atom is 0.227 e. The van der Waals surface area contributed by atoms with Crippen molar-refractivity contribution in [2.24, 2.45) is 16.7 Å². The zero-order valence-corrected chi connectivity index (χ0v) is 17.1. The minimum absolute atomic E-state index is 0.206. The molecule has 4 rings (SSSR count). The number of allylic oxidation sites excluding steroid dienone is 1. The van der Waals surface area contributed by atoms with Crippen molar-refractivity contribution < 1.29 is 9.59 Å². The van der Waals surface area contributed by atoms with Crippen LogP contribution in [-0.4, -0.2) is 61.9 Å². The van der Waals surface area contributed by atoms with Crippen molar-refractivity contribution in [1.29, 1.82) is 0 Å². The van der Waals surface area contributed by atoms with Gasteiger partial charge in [-0.05, 0) is 69.7 Å². The van der Waals surface area contributed by atoms with Crippen LogP contribution in [0.4, 0.5) is 0 Å². The van der Waals surface area contributed by atoms with Gasteiger partial charge in [-0.1, -0.05) is 11.6 Å². The average Bonchev–Trinajstić information content (AvgIpc) is 3.18. The quantitative estimate of drug-likeness (QED) is 0.774. The SMILES string of the molecule is CNC(=O)[C@@]12CCC3(CCN(C(=O)CC4=CCCCC4)CC3)[C@@H]1CN(C)C2. The number of rotatable bonds is 3. The van der Waals surface area contributed by atoms with Gasteiger partial charge in [-0.3, -0.25) is 9.59 Å². The molecule has 2 aliphatic heterocycles. The van der Waals surface area contributed by atoms with E-state index in [1.165, 1.54) is 18.4 Å². The first kappa shape index (κ1) is 19.0. The van der Waals surface area contributed by atoms with Crippen LogP contribution in [0.15, 0.2) is 11.6 Å². The van der Waals surface area contributed by atoms with Crippen molar-refractivity contribution >= 4 is 11.8 Å². The van der Waals surface area contributed by atoms with Gasteiger partial charge in [-0.2, -0.15) is 0 Å². The Bertz CT molecular complexity index is 635. The molecule has 2 heterocycles. The number of nitrogens with one attached hydrogen (secondary N) is 1. The van der Waals surface area contributed by atoms with E-state index in [4.69, 9.17) is 0 Å². The molecule has 0 radical (unpaired) electrons. The summed E-state index contributed by atoms with van der Waals surface area (Å²) in [6.45, 7) is 3.65. The largest absolute Gasteiger partial charge is 0.359 e. The Morgan fingerprint density at radius 3 is 2.63 bits per heavy atom. The zero-order valence-electron chi connectivity index (χ0n) is 17.1. The van der Waals surface area contributed by atoms with Crippen molar-refractivity contribution in [3.63, 3.8) is 0 Å². The third-order valence-electron chi connectivity index (χ3n) is 8.08. The molecule has 5 heteroatoms. The van der Waals surface area contributed by atoms with Crippen LogP contribution in [0.5, 0.6) is 0 Å². The fourth-order valence-corrected chi connectivity index (χ4v) is 6.59. The lowest BCUT2D eigenvalue weighted by Crippen LogP contribution is -2.49. The Kier molecular flexibility index (Phi) is 5.08. The third-order valence-corrected chi connectivity index (χ3v) is 8.08. The minimum atomic E-state index is -0.206. The van der Waals surface area contributed by atoms with Gasteiger partial charge >= 0.3 is 0 Å². The van der Waals surface area contributed by atoms with Gasteiger partial charge in [0.25, 0.3) is 0 Å². The van der Waals surface area contributed by atoms with Crippen molar-refractivity contribution in [2.45, 2.75) is 57.8 Å².